The zero-order valence-electron chi connectivity index (χ0n) is 9.39. The minimum atomic E-state index is -1.03. The van der Waals surface area contributed by atoms with Gasteiger partial charge in [0.1, 0.15) is 0 Å². The van der Waals surface area contributed by atoms with E-state index in [1.165, 1.54) is 5.56 Å². The second-order valence-corrected chi connectivity index (χ2v) is 10.5. The summed E-state index contributed by atoms with van der Waals surface area (Å²) in [5.74, 6) is 0. The van der Waals surface area contributed by atoms with Gasteiger partial charge in [0.15, 0.2) is 6.31 Å². The van der Waals surface area contributed by atoms with Crippen molar-refractivity contribution in [3.05, 3.63) is 29.8 Å². The molecule has 1 rings (SSSR count). The number of hydrogen-bond donors (Lipinski definition) is 0. The molecule has 0 nitrogen and oxygen atoms in total. The van der Waals surface area contributed by atoms with Gasteiger partial charge >= 0.3 is 0 Å². The van der Waals surface area contributed by atoms with E-state index in [9.17, 15) is 0 Å². The van der Waals surface area contributed by atoms with Gasteiger partial charge < -0.3 is 0 Å². The van der Waals surface area contributed by atoms with E-state index in [-0.39, 0.29) is 0 Å². The molecule has 0 fully saturated rings. The molecule has 0 atom stereocenters. The first-order valence-corrected chi connectivity index (χ1v) is 8.56. The Balaban J connectivity index is 3.02. The summed E-state index contributed by atoms with van der Waals surface area (Å²) in [5, 5.41) is 0. The van der Waals surface area contributed by atoms with Crippen LogP contribution in [-0.4, -0.2) is 14.2 Å². The van der Waals surface area contributed by atoms with Crippen molar-refractivity contribution in [3.63, 3.8) is 0 Å². The summed E-state index contributed by atoms with van der Waals surface area (Å²) in [7, 11) is -1.03. The third kappa shape index (κ3) is 2.47. The van der Waals surface area contributed by atoms with E-state index in [4.69, 9.17) is 0 Å². The molecule has 0 aliphatic heterocycles. The maximum atomic E-state index is 2.43. The zero-order valence-corrected chi connectivity index (χ0v) is 10.4. The van der Waals surface area contributed by atoms with E-state index in [1.807, 2.05) is 0 Å². The van der Waals surface area contributed by atoms with Crippen molar-refractivity contribution in [3.8, 4) is 0 Å². The average Bonchev–Trinajstić information content (AvgIpc) is 2.02. The average molecular weight is 190 g/mol. The first-order valence-electron chi connectivity index (χ1n) is 4.98. The van der Waals surface area contributed by atoms with Crippen molar-refractivity contribution in [2.24, 2.45) is 0 Å². The third-order valence-corrected chi connectivity index (χ3v) is 5.86. The van der Waals surface area contributed by atoms with Crippen LogP contribution < -0.4 is 5.46 Å². The summed E-state index contributed by atoms with van der Waals surface area (Å²) < 4.78 is 0. The topological polar surface area (TPSA) is 0 Å². The first kappa shape index (κ1) is 10.6. The normalized spacial score (nSPS) is 11.5. The summed E-state index contributed by atoms with van der Waals surface area (Å²) in [6.07, 6.45) is 0.758. The largest absolute Gasteiger partial charge is 0.166 e. The molecule has 0 saturated carbocycles. The van der Waals surface area contributed by atoms with E-state index in [1.54, 1.807) is 5.46 Å². The van der Waals surface area contributed by atoms with Crippen LogP contribution in [0, 0.1) is 6.92 Å². The fraction of sp³-hybridized carbons (Fsp3) is 0.455. The lowest BCUT2D eigenvalue weighted by atomic mass is 9.68. The molecule has 0 heterocycles. The number of rotatable bonds is 2. The molecule has 0 saturated heterocycles. The van der Waals surface area contributed by atoms with E-state index >= 15 is 0 Å². The van der Waals surface area contributed by atoms with Crippen LogP contribution >= 0.6 is 0 Å². The van der Waals surface area contributed by atoms with Gasteiger partial charge in [-0.25, -0.2) is 0 Å². The van der Waals surface area contributed by atoms with Crippen molar-refractivity contribution in [2.45, 2.75) is 33.4 Å². The Labute approximate surface area is 83.4 Å². The molecule has 0 aliphatic carbocycles. The van der Waals surface area contributed by atoms with Crippen LogP contribution in [0.1, 0.15) is 5.56 Å². The molecule has 0 amide bonds. The Morgan fingerprint density at radius 1 is 1.08 bits per heavy atom. The number of aryl methyl sites for hydroxylation is 1. The Morgan fingerprint density at radius 3 is 2.08 bits per heavy atom. The van der Waals surface area contributed by atoms with E-state index < -0.39 is 7.94 Å². The molecule has 0 aromatic heterocycles. The number of benzene rings is 1. The molecule has 0 bridgehead atoms. The monoisotopic (exact) mass is 190 g/mol. The van der Waals surface area contributed by atoms with Gasteiger partial charge in [0.2, 0.25) is 0 Å². The Hall–Kier alpha value is -0.498. The number of hydrogen-bond acceptors (Lipinski definition) is 0. The Kier molecular flexibility index (Phi) is 3.02. The van der Waals surface area contributed by atoms with Crippen LogP contribution in [0.15, 0.2) is 24.3 Å². The quantitative estimate of drug-likeness (QED) is 0.629. The molecule has 0 radical (unpaired) electrons. The highest BCUT2D eigenvalue weighted by Gasteiger charge is 2.27. The Bertz CT molecular complexity index is 288. The maximum absolute atomic E-state index is 2.43. The minimum absolute atomic E-state index is 0.758. The van der Waals surface area contributed by atoms with Gasteiger partial charge in [0.25, 0.3) is 0 Å². The maximum Gasteiger partial charge on any atom is 0.166 e. The first-order chi connectivity index (χ1) is 5.93. The summed E-state index contributed by atoms with van der Waals surface area (Å²) in [5.41, 5.74) is 2.99. The van der Waals surface area contributed by atoms with E-state index in [0.29, 0.717) is 0 Å². The van der Waals surface area contributed by atoms with Crippen molar-refractivity contribution < 1.29 is 0 Å². The minimum Gasteiger partial charge on any atom is -0.0838 e. The van der Waals surface area contributed by atoms with Crippen molar-refractivity contribution in [2.75, 3.05) is 0 Å². The smallest absolute Gasteiger partial charge is 0.0838 e. The molecule has 1 aromatic carbocycles. The lowest BCUT2D eigenvalue weighted by Crippen LogP contribution is -2.50. The fourth-order valence-corrected chi connectivity index (χ4v) is 2.80. The van der Waals surface area contributed by atoms with Gasteiger partial charge in [-0.15, -0.1) is 0 Å². The SMILES string of the molecule is CB(c1ccccc1C)[Si](C)(C)C. The van der Waals surface area contributed by atoms with Crippen LogP contribution in [0.3, 0.4) is 0 Å². The van der Waals surface area contributed by atoms with Crippen LogP contribution in [0.4, 0.5) is 0 Å². The third-order valence-electron chi connectivity index (χ3n) is 2.95. The predicted octanol–water partition coefficient (Wildman–Crippen LogP) is 2.74. The standard InChI is InChI=1S/C11H19BSi/c1-10-8-6-7-9-11(10)12(2)13(3,4)5/h6-9H,1-5H3. The van der Waals surface area contributed by atoms with Gasteiger partial charge in [-0.1, -0.05) is 61.8 Å². The van der Waals surface area contributed by atoms with Crippen LogP contribution in [0.5, 0.6) is 0 Å². The second kappa shape index (κ2) is 3.71. The molecular weight excluding hydrogens is 171 g/mol. The molecule has 0 aliphatic rings. The van der Waals surface area contributed by atoms with E-state index in [0.717, 1.165) is 6.31 Å². The van der Waals surface area contributed by atoms with Crippen LogP contribution in [-0.2, 0) is 0 Å². The lowest BCUT2D eigenvalue weighted by Gasteiger charge is -2.24. The second-order valence-electron chi connectivity index (χ2n) is 4.94. The van der Waals surface area contributed by atoms with Crippen LogP contribution in [0.25, 0.3) is 0 Å². The summed E-state index contributed by atoms with van der Waals surface area (Å²) in [4.78, 5) is 0. The molecule has 13 heavy (non-hydrogen) atoms. The van der Waals surface area contributed by atoms with Crippen molar-refractivity contribution in [1.82, 2.24) is 0 Å². The summed E-state index contributed by atoms with van der Waals surface area (Å²) >= 11 is 0. The van der Waals surface area contributed by atoms with Gasteiger partial charge in [-0.3, -0.25) is 0 Å². The molecular formula is C11H19BSi. The van der Waals surface area contributed by atoms with Crippen molar-refractivity contribution in [1.29, 1.82) is 0 Å². The molecule has 0 unspecified atom stereocenters. The highest BCUT2D eigenvalue weighted by Crippen LogP contribution is 2.08. The molecule has 0 N–H and O–H groups in total. The molecule has 1 aromatic rings. The Morgan fingerprint density at radius 2 is 1.62 bits per heavy atom. The summed E-state index contributed by atoms with van der Waals surface area (Å²) in [6.45, 7) is 11.9. The molecule has 70 valence electrons. The summed E-state index contributed by atoms with van der Waals surface area (Å²) in [6, 6.07) is 8.76. The predicted molar refractivity (Wildman–Crippen MR) is 65.8 cm³/mol. The highest BCUT2D eigenvalue weighted by atomic mass is 28.3. The van der Waals surface area contributed by atoms with Gasteiger partial charge in [-0.05, 0) is 6.92 Å². The zero-order chi connectivity index (χ0) is 10.1. The van der Waals surface area contributed by atoms with Crippen LogP contribution in [0.2, 0.25) is 26.5 Å². The molecule has 0 spiro atoms. The fourth-order valence-electron chi connectivity index (χ4n) is 1.54. The lowest BCUT2D eigenvalue weighted by molar-refractivity contribution is 1.51. The van der Waals surface area contributed by atoms with Gasteiger partial charge in [-0.2, -0.15) is 0 Å². The van der Waals surface area contributed by atoms with Gasteiger partial charge in [0.05, 0.1) is 0 Å². The van der Waals surface area contributed by atoms with Gasteiger partial charge in [0, 0.05) is 7.94 Å². The highest BCUT2D eigenvalue weighted by molar-refractivity contribution is 7.36. The van der Waals surface area contributed by atoms with Crippen molar-refractivity contribution >= 4 is 19.7 Å². The van der Waals surface area contributed by atoms with E-state index in [2.05, 4.69) is 57.7 Å². The molecule has 2 heteroatoms.